The van der Waals surface area contributed by atoms with Crippen LogP contribution in [0.4, 0.5) is 5.69 Å². The minimum Gasteiger partial charge on any atom is -0.508 e. The van der Waals surface area contributed by atoms with Crippen LogP contribution in [0.5, 0.6) is 5.75 Å². The number of hydrogen-bond acceptors (Lipinski definition) is 2. The molecular formula is C14H15NO. The van der Waals surface area contributed by atoms with Gasteiger partial charge >= 0.3 is 0 Å². The van der Waals surface area contributed by atoms with Crippen molar-refractivity contribution in [2.24, 2.45) is 0 Å². The van der Waals surface area contributed by atoms with Crippen molar-refractivity contribution in [3.8, 4) is 5.75 Å². The smallest absolute Gasteiger partial charge is 0.120 e. The van der Waals surface area contributed by atoms with Crippen LogP contribution in [-0.2, 0) is 0 Å². The fraction of sp³-hybridized carbons (Fsp3) is 0.143. The third kappa shape index (κ3) is 2.34. The molecule has 0 aliphatic heterocycles. The number of para-hydroxylation sites is 2. The van der Waals surface area contributed by atoms with E-state index in [1.54, 1.807) is 6.07 Å². The van der Waals surface area contributed by atoms with Crippen molar-refractivity contribution in [1.29, 1.82) is 0 Å². The molecular weight excluding hydrogens is 198 g/mol. The third-order valence-electron chi connectivity index (χ3n) is 2.56. The summed E-state index contributed by atoms with van der Waals surface area (Å²) in [5.41, 5.74) is 1.96. The van der Waals surface area contributed by atoms with E-state index in [1.165, 1.54) is 0 Å². The maximum absolute atomic E-state index is 9.72. The maximum Gasteiger partial charge on any atom is 0.120 e. The molecule has 16 heavy (non-hydrogen) atoms. The molecule has 82 valence electrons. The van der Waals surface area contributed by atoms with Gasteiger partial charge in [-0.3, -0.25) is 0 Å². The topological polar surface area (TPSA) is 32.3 Å². The molecule has 0 saturated heterocycles. The highest BCUT2D eigenvalue weighted by Gasteiger charge is 2.08. The Labute approximate surface area is 95.6 Å². The lowest BCUT2D eigenvalue weighted by Crippen LogP contribution is -2.06. The van der Waals surface area contributed by atoms with Crippen LogP contribution < -0.4 is 5.32 Å². The van der Waals surface area contributed by atoms with Gasteiger partial charge in [0.1, 0.15) is 5.75 Å². The van der Waals surface area contributed by atoms with E-state index in [-0.39, 0.29) is 6.04 Å². The molecule has 0 aliphatic carbocycles. The molecule has 0 amide bonds. The van der Waals surface area contributed by atoms with E-state index in [0.717, 1.165) is 11.3 Å². The van der Waals surface area contributed by atoms with Gasteiger partial charge in [0.15, 0.2) is 0 Å². The lowest BCUT2D eigenvalue weighted by atomic mass is 10.1. The summed E-state index contributed by atoms with van der Waals surface area (Å²) in [6.07, 6.45) is 0. The summed E-state index contributed by atoms with van der Waals surface area (Å²) in [4.78, 5) is 0. The Morgan fingerprint density at radius 3 is 2.25 bits per heavy atom. The Morgan fingerprint density at radius 2 is 1.56 bits per heavy atom. The number of aromatic hydroxyl groups is 1. The van der Waals surface area contributed by atoms with Gasteiger partial charge in [-0.2, -0.15) is 0 Å². The van der Waals surface area contributed by atoms with Crippen LogP contribution in [0.3, 0.4) is 0 Å². The van der Waals surface area contributed by atoms with E-state index >= 15 is 0 Å². The van der Waals surface area contributed by atoms with Crippen LogP contribution >= 0.6 is 0 Å². The highest BCUT2D eigenvalue weighted by atomic mass is 16.3. The van der Waals surface area contributed by atoms with Crippen LogP contribution in [-0.4, -0.2) is 5.11 Å². The van der Waals surface area contributed by atoms with Gasteiger partial charge in [-0.25, -0.2) is 0 Å². The molecule has 0 unspecified atom stereocenters. The monoisotopic (exact) mass is 213 g/mol. The Morgan fingerprint density at radius 1 is 0.938 bits per heavy atom. The van der Waals surface area contributed by atoms with Gasteiger partial charge in [0.05, 0.1) is 6.04 Å². The molecule has 2 heteroatoms. The van der Waals surface area contributed by atoms with E-state index in [4.69, 9.17) is 0 Å². The Balaban J connectivity index is 2.15. The molecule has 2 rings (SSSR count). The fourth-order valence-electron chi connectivity index (χ4n) is 1.72. The largest absolute Gasteiger partial charge is 0.508 e. The van der Waals surface area contributed by atoms with Crippen molar-refractivity contribution in [3.05, 3.63) is 60.2 Å². The first-order valence-corrected chi connectivity index (χ1v) is 5.37. The van der Waals surface area contributed by atoms with Gasteiger partial charge in [0.2, 0.25) is 0 Å². The predicted octanol–water partition coefficient (Wildman–Crippen LogP) is 3.57. The van der Waals surface area contributed by atoms with Crippen molar-refractivity contribution in [2.75, 3.05) is 5.32 Å². The second-order valence-corrected chi connectivity index (χ2v) is 3.79. The van der Waals surface area contributed by atoms with E-state index in [1.807, 2.05) is 55.5 Å². The van der Waals surface area contributed by atoms with Gasteiger partial charge in [-0.05, 0) is 25.1 Å². The van der Waals surface area contributed by atoms with Crippen LogP contribution in [0.1, 0.15) is 18.5 Å². The normalized spacial score (nSPS) is 12.1. The van der Waals surface area contributed by atoms with Gasteiger partial charge < -0.3 is 10.4 Å². The van der Waals surface area contributed by atoms with E-state index in [0.29, 0.717) is 5.75 Å². The first-order chi connectivity index (χ1) is 7.77. The minimum absolute atomic E-state index is 0.0867. The summed E-state index contributed by atoms with van der Waals surface area (Å²) in [5.74, 6) is 0.332. The second-order valence-electron chi connectivity index (χ2n) is 3.79. The maximum atomic E-state index is 9.72. The lowest BCUT2D eigenvalue weighted by molar-refractivity contribution is 0.465. The van der Waals surface area contributed by atoms with Gasteiger partial charge in [-0.15, -0.1) is 0 Å². The van der Waals surface area contributed by atoms with Crippen molar-refractivity contribution >= 4 is 5.69 Å². The molecule has 0 radical (unpaired) electrons. The zero-order valence-electron chi connectivity index (χ0n) is 9.22. The summed E-state index contributed by atoms with van der Waals surface area (Å²) in [5, 5.41) is 13.1. The molecule has 2 aromatic rings. The Kier molecular flexibility index (Phi) is 3.10. The molecule has 1 atom stereocenters. The molecule has 0 aliphatic rings. The second kappa shape index (κ2) is 4.71. The molecule has 0 bridgehead atoms. The first kappa shape index (κ1) is 10.6. The quantitative estimate of drug-likeness (QED) is 0.817. The molecule has 0 heterocycles. The summed E-state index contributed by atoms with van der Waals surface area (Å²) >= 11 is 0. The molecule has 0 saturated carbocycles. The van der Waals surface area contributed by atoms with Gasteiger partial charge in [-0.1, -0.05) is 36.4 Å². The fourth-order valence-corrected chi connectivity index (χ4v) is 1.72. The SMILES string of the molecule is C[C@@H](Nc1ccccc1)c1ccccc1O. The lowest BCUT2D eigenvalue weighted by Gasteiger charge is -2.16. The number of benzene rings is 2. The molecule has 2 N–H and O–H groups in total. The van der Waals surface area contributed by atoms with Crippen LogP contribution in [0.2, 0.25) is 0 Å². The third-order valence-corrected chi connectivity index (χ3v) is 2.56. The number of phenols is 1. The molecule has 2 aromatic carbocycles. The first-order valence-electron chi connectivity index (χ1n) is 5.37. The van der Waals surface area contributed by atoms with Gasteiger partial charge in [0, 0.05) is 11.3 Å². The van der Waals surface area contributed by atoms with Crippen molar-refractivity contribution in [3.63, 3.8) is 0 Å². The van der Waals surface area contributed by atoms with Crippen LogP contribution in [0.25, 0.3) is 0 Å². The number of anilines is 1. The Hall–Kier alpha value is -1.96. The number of rotatable bonds is 3. The standard InChI is InChI=1S/C14H15NO/c1-11(13-9-5-6-10-14(13)16)15-12-7-3-2-4-8-12/h2-11,15-16H,1H3/t11-/m1/s1. The summed E-state index contributed by atoms with van der Waals surface area (Å²) in [6.45, 7) is 2.03. The van der Waals surface area contributed by atoms with Crippen LogP contribution in [0.15, 0.2) is 54.6 Å². The average molecular weight is 213 g/mol. The molecule has 2 nitrogen and oxygen atoms in total. The van der Waals surface area contributed by atoms with Crippen molar-refractivity contribution in [1.82, 2.24) is 0 Å². The number of phenolic OH excluding ortho intramolecular Hbond substituents is 1. The summed E-state index contributed by atoms with van der Waals surface area (Å²) in [6, 6.07) is 17.5. The zero-order valence-corrected chi connectivity index (χ0v) is 9.22. The Bertz CT molecular complexity index is 453. The van der Waals surface area contributed by atoms with Crippen LogP contribution in [0, 0.1) is 0 Å². The van der Waals surface area contributed by atoms with Crippen molar-refractivity contribution < 1.29 is 5.11 Å². The van der Waals surface area contributed by atoms with E-state index in [2.05, 4.69) is 5.32 Å². The zero-order chi connectivity index (χ0) is 11.4. The number of nitrogens with one attached hydrogen (secondary N) is 1. The minimum atomic E-state index is 0.0867. The molecule has 0 spiro atoms. The van der Waals surface area contributed by atoms with Crippen molar-refractivity contribution in [2.45, 2.75) is 13.0 Å². The van der Waals surface area contributed by atoms with Gasteiger partial charge in [0.25, 0.3) is 0 Å². The molecule has 0 aromatic heterocycles. The highest BCUT2D eigenvalue weighted by molar-refractivity contribution is 5.47. The highest BCUT2D eigenvalue weighted by Crippen LogP contribution is 2.26. The molecule has 0 fully saturated rings. The van der Waals surface area contributed by atoms with E-state index < -0.39 is 0 Å². The number of hydrogen-bond donors (Lipinski definition) is 2. The summed E-state index contributed by atoms with van der Waals surface area (Å²) in [7, 11) is 0. The average Bonchev–Trinajstić information content (AvgIpc) is 2.31. The summed E-state index contributed by atoms with van der Waals surface area (Å²) < 4.78 is 0. The van der Waals surface area contributed by atoms with E-state index in [9.17, 15) is 5.11 Å². The predicted molar refractivity (Wildman–Crippen MR) is 66.6 cm³/mol.